The van der Waals surface area contributed by atoms with E-state index in [1.165, 1.54) is 4.68 Å². The standard InChI is InChI=1S/C16H17Cl2N3O/c1-16(2,3)15(22)21-14-10(9-19-21)7-8-20(14)13-11(17)5-4-6-12(13)18/h4-6,9H,7-8H2,1-3H3. The summed E-state index contributed by atoms with van der Waals surface area (Å²) in [6, 6.07) is 5.41. The molecule has 0 saturated carbocycles. The fraction of sp³-hybridized carbons (Fsp3) is 0.375. The Labute approximate surface area is 139 Å². The SMILES string of the molecule is CC(C)(C)C(=O)n1ncc2c1N(c1c(Cl)cccc1Cl)CC2. The third kappa shape index (κ3) is 2.40. The summed E-state index contributed by atoms with van der Waals surface area (Å²) in [6.45, 7) is 6.37. The Morgan fingerprint density at radius 1 is 1.23 bits per heavy atom. The van der Waals surface area contributed by atoms with Crippen molar-refractivity contribution in [2.45, 2.75) is 27.2 Å². The van der Waals surface area contributed by atoms with Gasteiger partial charge in [-0.05, 0) is 18.6 Å². The average molecular weight is 338 g/mol. The van der Waals surface area contributed by atoms with Crippen LogP contribution in [0.25, 0.3) is 0 Å². The second kappa shape index (κ2) is 5.28. The first-order chi connectivity index (χ1) is 10.3. The Kier molecular flexibility index (Phi) is 3.69. The molecule has 6 heteroatoms. The maximum Gasteiger partial charge on any atom is 0.254 e. The molecule has 1 aliphatic rings. The lowest BCUT2D eigenvalue weighted by Gasteiger charge is -2.25. The van der Waals surface area contributed by atoms with Crippen LogP contribution in [0.3, 0.4) is 0 Å². The van der Waals surface area contributed by atoms with Crippen LogP contribution in [0.15, 0.2) is 24.4 Å². The Balaban J connectivity index is 2.13. The maximum absolute atomic E-state index is 12.6. The van der Waals surface area contributed by atoms with Crippen LogP contribution in [-0.2, 0) is 6.42 Å². The van der Waals surface area contributed by atoms with Gasteiger partial charge in [0, 0.05) is 17.5 Å². The van der Waals surface area contributed by atoms with Gasteiger partial charge in [-0.1, -0.05) is 50.0 Å². The number of aromatic nitrogens is 2. The molecule has 0 spiro atoms. The van der Waals surface area contributed by atoms with Crippen molar-refractivity contribution in [3.63, 3.8) is 0 Å². The van der Waals surface area contributed by atoms with Crippen molar-refractivity contribution in [1.29, 1.82) is 0 Å². The molecule has 1 aliphatic heterocycles. The maximum atomic E-state index is 12.6. The first kappa shape index (κ1) is 15.4. The van der Waals surface area contributed by atoms with E-state index in [2.05, 4.69) is 5.10 Å². The minimum atomic E-state index is -0.516. The highest BCUT2D eigenvalue weighted by molar-refractivity contribution is 6.39. The summed E-state index contributed by atoms with van der Waals surface area (Å²) in [7, 11) is 0. The molecule has 0 aliphatic carbocycles. The topological polar surface area (TPSA) is 38.1 Å². The Hall–Kier alpha value is -1.52. The van der Waals surface area contributed by atoms with Crippen molar-refractivity contribution in [2.75, 3.05) is 11.4 Å². The molecule has 0 unspecified atom stereocenters. The van der Waals surface area contributed by atoms with E-state index in [0.717, 1.165) is 30.0 Å². The van der Waals surface area contributed by atoms with Gasteiger partial charge in [-0.3, -0.25) is 4.79 Å². The van der Waals surface area contributed by atoms with Crippen LogP contribution in [0.2, 0.25) is 10.0 Å². The number of carbonyl (C=O) groups excluding carboxylic acids is 1. The zero-order valence-corrected chi connectivity index (χ0v) is 14.2. The normalized spacial score (nSPS) is 14.3. The third-order valence-corrected chi connectivity index (χ3v) is 4.33. The summed E-state index contributed by atoms with van der Waals surface area (Å²) >= 11 is 12.6. The fourth-order valence-corrected chi connectivity index (χ4v) is 3.21. The van der Waals surface area contributed by atoms with Crippen LogP contribution in [0, 0.1) is 5.41 Å². The van der Waals surface area contributed by atoms with E-state index in [-0.39, 0.29) is 5.91 Å². The number of halogens is 2. The molecule has 2 heterocycles. The summed E-state index contributed by atoms with van der Waals surface area (Å²) in [6.07, 6.45) is 2.57. The zero-order chi connectivity index (χ0) is 16.1. The van der Waals surface area contributed by atoms with Crippen molar-refractivity contribution in [1.82, 2.24) is 9.78 Å². The summed E-state index contributed by atoms with van der Waals surface area (Å²) in [5.74, 6) is 0.721. The van der Waals surface area contributed by atoms with Gasteiger partial charge in [0.2, 0.25) is 0 Å². The van der Waals surface area contributed by atoms with Crippen LogP contribution in [0.4, 0.5) is 11.5 Å². The lowest BCUT2D eigenvalue weighted by molar-refractivity contribution is 0.0751. The minimum Gasteiger partial charge on any atom is -0.323 e. The quantitative estimate of drug-likeness (QED) is 0.764. The molecule has 1 aromatic carbocycles. The molecule has 0 radical (unpaired) electrons. The number of nitrogens with zero attached hydrogens (tertiary/aromatic N) is 3. The fourth-order valence-electron chi connectivity index (χ4n) is 2.61. The molecular formula is C16H17Cl2N3O. The molecule has 0 atom stereocenters. The van der Waals surface area contributed by atoms with Gasteiger partial charge < -0.3 is 4.90 Å². The van der Waals surface area contributed by atoms with Crippen molar-refractivity contribution in [2.24, 2.45) is 5.41 Å². The first-order valence-electron chi connectivity index (χ1n) is 7.14. The van der Waals surface area contributed by atoms with Crippen LogP contribution < -0.4 is 4.90 Å². The van der Waals surface area contributed by atoms with Gasteiger partial charge in [-0.25, -0.2) is 0 Å². The van der Waals surface area contributed by atoms with Crippen LogP contribution >= 0.6 is 23.2 Å². The van der Waals surface area contributed by atoms with Crippen molar-refractivity contribution in [3.05, 3.63) is 40.0 Å². The van der Waals surface area contributed by atoms with E-state index >= 15 is 0 Å². The second-order valence-electron chi connectivity index (χ2n) is 6.43. The summed E-state index contributed by atoms with van der Waals surface area (Å²) in [4.78, 5) is 14.6. The van der Waals surface area contributed by atoms with Crippen LogP contribution in [0.1, 0.15) is 31.1 Å². The van der Waals surface area contributed by atoms with E-state index in [1.807, 2.05) is 31.7 Å². The van der Waals surface area contributed by atoms with Crippen molar-refractivity contribution < 1.29 is 4.79 Å². The first-order valence-corrected chi connectivity index (χ1v) is 7.89. The second-order valence-corrected chi connectivity index (χ2v) is 7.25. The monoisotopic (exact) mass is 337 g/mol. The smallest absolute Gasteiger partial charge is 0.254 e. The lowest BCUT2D eigenvalue weighted by atomic mass is 9.96. The predicted octanol–water partition coefficient (Wildman–Crippen LogP) is 4.57. The van der Waals surface area contributed by atoms with Crippen molar-refractivity contribution in [3.8, 4) is 0 Å². The number of hydrogen-bond donors (Lipinski definition) is 0. The Morgan fingerprint density at radius 2 is 1.86 bits per heavy atom. The van der Waals surface area contributed by atoms with E-state index < -0.39 is 5.41 Å². The Bertz CT molecular complexity index is 726. The molecule has 1 aromatic heterocycles. The lowest BCUT2D eigenvalue weighted by Crippen LogP contribution is -2.30. The van der Waals surface area contributed by atoms with E-state index in [0.29, 0.717) is 10.0 Å². The number of anilines is 2. The zero-order valence-electron chi connectivity index (χ0n) is 12.7. The van der Waals surface area contributed by atoms with E-state index in [1.54, 1.807) is 18.3 Å². The molecule has 0 N–H and O–H groups in total. The highest BCUT2D eigenvalue weighted by Gasteiger charge is 2.33. The van der Waals surface area contributed by atoms with E-state index in [4.69, 9.17) is 23.2 Å². The highest BCUT2D eigenvalue weighted by Crippen LogP contribution is 2.42. The number of carbonyl (C=O) groups is 1. The number of hydrogen-bond acceptors (Lipinski definition) is 3. The van der Waals surface area contributed by atoms with Gasteiger partial charge in [0.15, 0.2) is 0 Å². The molecule has 0 fully saturated rings. The Morgan fingerprint density at radius 3 is 2.45 bits per heavy atom. The van der Waals surface area contributed by atoms with Crippen LogP contribution in [0.5, 0.6) is 0 Å². The average Bonchev–Trinajstić information content (AvgIpc) is 2.99. The minimum absolute atomic E-state index is 0.0520. The van der Waals surface area contributed by atoms with Crippen molar-refractivity contribution >= 4 is 40.6 Å². The molecular weight excluding hydrogens is 321 g/mol. The van der Waals surface area contributed by atoms with Gasteiger partial charge in [-0.15, -0.1) is 0 Å². The third-order valence-electron chi connectivity index (χ3n) is 3.72. The van der Waals surface area contributed by atoms with Gasteiger partial charge in [0.1, 0.15) is 5.82 Å². The largest absolute Gasteiger partial charge is 0.323 e. The van der Waals surface area contributed by atoms with Gasteiger partial charge in [-0.2, -0.15) is 9.78 Å². The summed E-state index contributed by atoms with van der Waals surface area (Å²) < 4.78 is 1.47. The number of fused-ring (bicyclic) bond motifs is 1. The molecule has 0 bridgehead atoms. The molecule has 2 aromatic rings. The van der Waals surface area contributed by atoms with Gasteiger partial charge >= 0.3 is 0 Å². The molecule has 4 nitrogen and oxygen atoms in total. The highest BCUT2D eigenvalue weighted by atomic mass is 35.5. The molecule has 116 valence electrons. The molecule has 0 saturated heterocycles. The predicted molar refractivity (Wildman–Crippen MR) is 89.5 cm³/mol. The van der Waals surface area contributed by atoms with Gasteiger partial charge in [0.05, 0.1) is 21.9 Å². The number of benzene rings is 1. The van der Waals surface area contributed by atoms with Gasteiger partial charge in [0.25, 0.3) is 5.91 Å². The molecule has 0 amide bonds. The molecule has 3 rings (SSSR count). The number of para-hydroxylation sites is 1. The summed E-state index contributed by atoms with van der Waals surface area (Å²) in [5, 5.41) is 5.41. The number of rotatable bonds is 1. The molecule has 22 heavy (non-hydrogen) atoms. The summed E-state index contributed by atoms with van der Waals surface area (Å²) in [5.41, 5.74) is 1.25. The van der Waals surface area contributed by atoms with E-state index in [9.17, 15) is 4.79 Å². The van der Waals surface area contributed by atoms with Crippen LogP contribution in [-0.4, -0.2) is 22.2 Å².